The van der Waals surface area contributed by atoms with Crippen LogP contribution >= 0.6 is 0 Å². The lowest BCUT2D eigenvalue weighted by molar-refractivity contribution is 0.182. The molecule has 0 radical (unpaired) electrons. The van der Waals surface area contributed by atoms with Gasteiger partial charge in [0.15, 0.2) is 0 Å². The molecule has 5 heteroatoms. The van der Waals surface area contributed by atoms with E-state index in [1.807, 2.05) is 38.1 Å². The molecule has 0 saturated heterocycles. The Morgan fingerprint density at radius 2 is 2.10 bits per heavy atom. The number of aryl methyl sites for hydroxylation is 2. The molecule has 0 atom stereocenters. The van der Waals surface area contributed by atoms with E-state index < -0.39 is 0 Å². The molecule has 0 fully saturated rings. The van der Waals surface area contributed by atoms with Crippen LogP contribution in [0.4, 0.5) is 0 Å². The van der Waals surface area contributed by atoms with E-state index >= 15 is 0 Å². The molecule has 2 rings (SSSR count). The molecule has 108 valence electrons. The number of nitrogens with zero attached hydrogens (tertiary/aromatic N) is 3. The number of aromatic nitrogens is 2. The Morgan fingerprint density at radius 1 is 1.33 bits per heavy atom. The van der Waals surface area contributed by atoms with Gasteiger partial charge in [-0.1, -0.05) is 17.7 Å². The average molecular weight is 283 g/mol. The lowest BCUT2D eigenvalue weighted by Crippen LogP contribution is -2.27. The normalized spacial score (nSPS) is 10.4. The zero-order valence-electron chi connectivity index (χ0n) is 12.4. The first kappa shape index (κ1) is 14.9. The SMILES string of the molecule is COCCn1nc(-c2cc(C)ccc2C)cc(C#N)c1=O. The van der Waals surface area contributed by atoms with Gasteiger partial charge in [-0.05, 0) is 31.5 Å². The van der Waals surface area contributed by atoms with Crippen molar-refractivity contribution in [2.24, 2.45) is 0 Å². The molecular weight excluding hydrogens is 266 g/mol. The van der Waals surface area contributed by atoms with Crippen molar-refractivity contribution in [3.63, 3.8) is 0 Å². The molecule has 0 aliphatic rings. The van der Waals surface area contributed by atoms with Gasteiger partial charge in [0.25, 0.3) is 5.56 Å². The fraction of sp³-hybridized carbons (Fsp3) is 0.312. The Labute approximate surface area is 123 Å². The number of methoxy groups -OCH3 is 1. The molecule has 2 aromatic rings. The quantitative estimate of drug-likeness (QED) is 0.861. The fourth-order valence-electron chi connectivity index (χ4n) is 2.09. The molecular formula is C16H17N3O2. The Bertz CT molecular complexity index is 757. The second kappa shape index (κ2) is 6.33. The number of hydrogen-bond donors (Lipinski definition) is 0. The van der Waals surface area contributed by atoms with Crippen LogP contribution in [0.3, 0.4) is 0 Å². The highest BCUT2D eigenvalue weighted by Crippen LogP contribution is 2.22. The van der Waals surface area contributed by atoms with Crippen LogP contribution in [0.5, 0.6) is 0 Å². The van der Waals surface area contributed by atoms with Gasteiger partial charge in [0.2, 0.25) is 0 Å². The van der Waals surface area contributed by atoms with Crippen LogP contribution in [0.1, 0.15) is 16.7 Å². The molecule has 0 N–H and O–H groups in total. The fourth-order valence-corrected chi connectivity index (χ4v) is 2.09. The van der Waals surface area contributed by atoms with Crippen molar-refractivity contribution in [1.82, 2.24) is 9.78 Å². The topological polar surface area (TPSA) is 67.9 Å². The second-order valence-corrected chi connectivity index (χ2v) is 4.89. The van der Waals surface area contributed by atoms with Crippen LogP contribution in [-0.2, 0) is 11.3 Å². The third kappa shape index (κ3) is 3.18. The lowest BCUT2D eigenvalue weighted by Gasteiger charge is -2.10. The summed E-state index contributed by atoms with van der Waals surface area (Å²) < 4.78 is 6.27. The van der Waals surface area contributed by atoms with Gasteiger partial charge in [0, 0.05) is 12.7 Å². The van der Waals surface area contributed by atoms with Crippen molar-refractivity contribution in [3.8, 4) is 17.3 Å². The molecule has 0 saturated carbocycles. The summed E-state index contributed by atoms with van der Waals surface area (Å²) in [4.78, 5) is 12.1. The maximum atomic E-state index is 12.1. The van der Waals surface area contributed by atoms with E-state index in [4.69, 9.17) is 10.00 Å². The minimum Gasteiger partial charge on any atom is -0.383 e. The first-order valence-electron chi connectivity index (χ1n) is 6.65. The smallest absolute Gasteiger partial charge is 0.284 e. The zero-order chi connectivity index (χ0) is 15.4. The van der Waals surface area contributed by atoms with Crippen molar-refractivity contribution >= 4 is 0 Å². The molecule has 0 bridgehead atoms. The standard InChI is InChI=1S/C16H17N3O2/c1-11-4-5-12(2)14(8-11)15-9-13(10-17)16(20)19(18-15)6-7-21-3/h4-5,8-9H,6-7H2,1-3H3. The van der Waals surface area contributed by atoms with Crippen LogP contribution in [0.25, 0.3) is 11.3 Å². The minimum atomic E-state index is -0.386. The van der Waals surface area contributed by atoms with Crippen LogP contribution in [-0.4, -0.2) is 23.5 Å². The molecule has 1 aromatic heterocycles. The molecule has 0 amide bonds. The molecule has 0 aliphatic carbocycles. The van der Waals surface area contributed by atoms with E-state index in [1.54, 1.807) is 13.2 Å². The van der Waals surface area contributed by atoms with Crippen molar-refractivity contribution in [2.45, 2.75) is 20.4 Å². The Morgan fingerprint density at radius 3 is 2.76 bits per heavy atom. The second-order valence-electron chi connectivity index (χ2n) is 4.89. The number of benzene rings is 1. The summed E-state index contributed by atoms with van der Waals surface area (Å²) in [6, 6.07) is 9.52. The average Bonchev–Trinajstić information content (AvgIpc) is 2.48. The largest absolute Gasteiger partial charge is 0.383 e. The Kier molecular flexibility index (Phi) is 4.51. The third-order valence-electron chi connectivity index (χ3n) is 3.27. The summed E-state index contributed by atoms with van der Waals surface area (Å²) >= 11 is 0. The van der Waals surface area contributed by atoms with Gasteiger partial charge in [-0.2, -0.15) is 10.4 Å². The first-order valence-corrected chi connectivity index (χ1v) is 6.65. The van der Waals surface area contributed by atoms with E-state index in [0.29, 0.717) is 18.8 Å². The summed E-state index contributed by atoms with van der Waals surface area (Å²) in [5.41, 5.74) is 3.42. The number of rotatable bonds is 4. The maximum Gasteiger partial charge on any atom is 0.284 e. The number of ether oxygens (including phenoxy) is 1. The van der Waals surface area contributed by atoms with Crippen molar-refractivity contribution < 1.29 is 4.74 Å². The molecule has 0 unspecified atom stereocenters. The Hall–Kier alpha value is -2.45. The Balaban J connectivity index is 2.61. The molecule has 1 aromatic carbocycles. The van der Waals surface area contributed by atoms with Gasteiger partial charge in [-0.3, -0.25) is 4.79 Å². The summed E-state index contributed by atoms with van der Waals surface area (Å²) in [6.45, 7) is 4.67. The van der Waals surface area contributed by atoms with Crippen molar-refractivity contribution in [1.29, 1.82) is 5.26 Å². The summed E-state index contributed by atoms with van der Waals surface area (Å²) in [6.07, 6.45) is 0. The van der Waals surface area contributed by atoms with Gasteiger partial charge >= 0.3 is 0 Å². The van der Waals surface area contributed by atoms with Crippen LogP contribution in [0.15, 0.2) is 29.1 Å². The van der Waals surface area contributed by atoms with Crippen molar-refractivity contribution in [3.05, 3.63) is 51.3 Å². The summed E-state index contributed by atoms with van der Waals surface area (Å²) in [5, 5.41) is 13.5. The van der Waals surface area contributed by atoms with Gasteiger partial charge in [0.05, 0.1) is 18.8 Å². The third-order valence-corrected chi connectivity index (χ3v) is 3.27. The van der Waals surface area contributed by atoms with Crippen LogP contribution < -0.4 is 5.56 Å². The minimum absolute atomic E-state index is 0.0945. The molecule has 0 spiro atoms. The van der Waals surface area contributed by atoms with E-state index in [9.17, 15) is 4.79 Å². The predicted molar refractivity (Wildman–Crippen MR) is 80.0 cm³/mol. The highest BCUT2D eigenvalue weighted by Gasteiger charge is 2.11. The van der Waals surface area contributed by atoms with E-state index in [1.165, 1.54) is 4.68 Å². The zero-order valence-corrected chi connectivity index (χ0v) is 12.4. The van der Waals surface area contributed by atoms with Gasteiger partial charge in [-0.25, -0.2) is 4.68 Å². The maximum absolute atomic E-state index is 12.1. The molecule has 5 nitrogen and oxygen atoms in total. The number of hydrogen-bond acceptors (Lipinski definition) is 4. The number of nitriles is 1. The first-order chi connectivity index (χ1) is 10.1. The lowest BCUT2D eigenvalue weighted by atomic mass is 10.0. The van der Waals surface area contributed by atoms with Crippen LogP contribution in [0.2, 0.25) is 0 Å². The van der Waals surface area contributed by atoms with Gasteiger partial charge < -0.3 is 4.74 Å². The molecule has 21 heavy (non-hydrogen) atoms. The molecule has 1 heterocycles. The van der Waals surface area contributed by atoms with Crippen LogP contribution in [0, 0.1) is 25.2 Å². The summed E-state index contributed by atoms with van der Waals surface area (Å²) in [5.74, 6) is 0. The monoisotopic (exact) mass is 283 g/mol. The predicted octanol–water partition coefficient (Wildman–Crippen LogP) is 2.05. The highest BCUT2D eigenvalue weighted by atomic mass is 16.5. The summed E-state index contributed by atoms with van der Waals surface area (Å²) in [7, 11) is 1.56. The van der Waals surface area contributed by atoms with E-state index in [2.05, 4.69) is 5.10 Å². The van der Waals surface area contributed by atoms with Gasteiger partial charge in [0.1, 0.15) is 11.6 Å². The highest BCUT2D eigenvalue weighted by molar-refractivity contribution is 5.65. The molecule has 0 aliphatic heterocycles. The van der Waals surface area contributed by atoms with E-state index in [0.717, 1.165) is 16.7 Å². The van der Waals surface area contributed by atoms with E-state index in [-0.39, 0.29) is 11.1 Å². The van der Waals surface area contributed by atoms with Gasteiger partial charge in [-0.15, -0.1) is 0 Å². The van der Waals surface area contributed by atoms with Crippen molar-refractivity contribution in [2.75, 3.05) is 13.7 Å².